The molecule has 0 amide bonds. The average molecular weight is 300 g/mol. The maximum atomic E-state index is 8.74. The SMILES string of the molecule is CC1CCN(CCN=C(N)N)CC1.O.O=S(=O)(O)O. The summed E-state index contributed by atoms with van der Waals surface area (Å²) in [6, 6.07) is 0. The van der Waals surface area contributed by atoms with Crippen molar-refractivity contribution in [2.75, 3.05) is 26.2 Å². The lowest BCUT2D eigenvalue weighted by Gasteiger charge is -2.29. The van der Waals surface area contributed by atoms with Crippen LogP contribution in [0.5, 0.6) is 0 Å². The summed E-state index contributed by atoms with van der Waals surface area (Å²) in [5.41, 5.74) is 10.5. The Morgan fingerprint density at radius 3 is 2.11 bits per heavy atom. The molecular weight excluding hydrogens is 276 g/mol. The molecule has 0 radical (unpaired) electrons. The van der Waals surface area contributed by atoms with E-state index >= 15 is 0 Å². The molecule has 8 N–H and O–H groups in total. The van der Waals surface area contributed by atoms with Crippen LogP contribution in [0.15, 0.2) is 4.99 Å². The molecule has 0 aromatic carbocycles. The van der Waals surface area contributed by atoms with Gasteiger partial charge in [0.25, 0.3) is 0 Å². The predicted molar refractivity (Wildman–Crippen MR) is 73.3 cm³/mol. The van der Waals surface area contributed by atoms with E-state index in [-0.39, 0.29) is 11.4 Å². The predicted octanol–water partition coefficient (Wildman–Crippen LogP) is -1.49. The van der Waals surface area contributed by atoms with E-state index in [4.69, 9.17) is 29.0 Å². The minimum atomic E-state index is -4.67. The van der Waals surface area contributed by atoms with Crippen molar-refractivity contribution in [3.63, 3.8) is 0 Å². The Morgan fingerprint density at radius 2 is 1.74 bits per heavy atom. The fourth-order valence-corrected chi connectivity index (χ4v) is 1.61. The van der Waals surface area contributed by atoms with E-state index in [9.17, 15) is 0 Å². The van der Waals surface area contributed by atoms with E-state index in [0.717, 1.165) is 19.0 Å². The van der Waals surface area contributed by atoms with Gasteiger partial charge in [0.15, 0.2) is 5.96 Å². The summed E-state index contributed by atoms with van der Waals surface area (Å²) < 4.78 is 31.6. The molecule has 1 rings (SSSR count). The third-order valence-electron chi connectivity index (χ3n) is 2.59. The zero-order chi connectivity index (χ0) is 14.2. The van der Waals surface area contributed by atoms with Gasteiger partial charge in [0.05, 0.1) is 6.54 Å². The van der Waals surface area contributed by atoms with Crippen molar-refractivity contribution in [1.29, 1.82) is 0 Å². The van der Waals surface area contributed by atoms with Crippen molar-refractivity contribution in [1.82, 2.24) is 4.90 Å². The molecule has 0 atom stereocenters. The van der Waals surface area contributed by atoms with Gasteiger partial charge < -0.3 is 21.8 Å². The van der Waals surface area contributed by atoms with E-state index in [1.807, 2.05) is 0 Å². The van der Waals surface area contributed by atoms with Crippen LogP contribution in [0.2, 0.25) is 0 Å². The van der Waals surface area contributed by atoms with Gasteiger partial charge in [-0.3, -0.25) is 14.1 Å². The van der Waals surface area contributed by atoms with Crippen LogP contribution in [-0.2, 0) is 10.4 Å². The van der Waals surface area contributed by atoms with Crippen LogP contribution in [0.1, 0.15) is 19.8 Å². The summed E-state index contributed by atoms with van der Waals surface area (Å²) in [5, 5.41) is 0. The van der Waals surface area contributed by atoms with Gasteiger partial charge in [-0.25, -0.2) is 0 Å². The van der Waals surface area contributed by atoms with Crippen LogP contribution in [0.3, 0.4) is 0 Å². The summed E-state index contributed by atoms with van der Waals surface area (Å²) in [6.07, 6.45) is 2.61. The van der Waals surface area contributed by atoms with Crippen LogP contribution < -0.4 is 11.5 Å². The molecule has 1 saturated heterocycles. The number of hydrogen-bond donors (Lipinski definition) is 4. The monoisotopic (exact) mass is 300 g/mol. The van der Waals surface area contributed by atoms with Crippen molar-refractivity contribution in [3.05, 3.63) is 0 Å². The minimum absolute atomic E-state index is 0. The number of rotatable bonds is 3. The number of piperidine rings is 1. The lowest BCUT2D eigenvalue weighted by atomic mass is 9.99. The third kappa shape index (κ3) is 17.1. The Morgan fingerprint density at radius 1 is 1.32 bits per heavy atom. The number of nitrogens with two attached hydrogens (primary N) is 2. The highest BCUT2D eigenvalue weighted by atomic mass is 32.3. The average Bonchev–Trinajstić information content (AvgIpc) is 2.18. The number of hydrogen-bond acceptors (Lipinski definition) is 4. The largest absolute Gasteiger partial charge is 0.412 e. The summed E-state index contributed by atoms with van der Waals surface area (Å²) in [7, 11) is -4.67. The highest BCUT2D eigenvalue weighted by Crippen LogP contribution is 2.15. The van der Waals surface area contributed by atoms with Gasteiger partial charge in [-0.15, -0.1) is 0 Å². The minimum Gasteiger partial charge on any atom is -0.412 e. The van der Waals surface area contributed by atoms with Gasteiger partial charge in [-0.05, 0) is 31.8 Å². The van der Waals surface area contributed by atoms with E-state index < -0.39 is 10.4 Å². The first-order valence-corrected chi connectivity index (χ1v) is 7.06. The van der Waals surface area contributed by atoms with Crippen LogP contribution in [0, 0.1) is 5.92 Å². The Hall–Kier alpha value is -0.940. The molecule has 0 aromatic heterocycles. The second-order valence-corrected chi connectivity index (χ2v) is 5.17. The summed E-state index contributed by atoms with van der Waals surface area (Å²) >= 11 is 0. The molecule has 0 aliphatic carbocycles. The molecule has 0 aromatic rings. The normalized spacial score (nSPS) is 16.8. The lowest BCUT2D eigenvalue weighted by molar-refractivity contribution is 0.197. The summed E-state index contributed by atoms with van der Waals surface area (Å²) in [6.45, 7) is 6.43. The van der Waals surface area contributed by atoms with Crippen molar-refractivity contribution >= 4 is 16.4 Å². The third-order valence-corrected chi connectivity index (χ3v) is 2.59. The van der Waals surface area contributed by atoms with Gasteiger partial charge in [0.2, 0.25) is 0 Å². The molecular formula is C9H24N4O5S. The van der Waals surface area contributed by atoms with Crippen LogP contribution in [-0.4, -0.2) is 60.0 Å². The Balaban J connectivity index is 0. The quantitative estimate of drug-likeness (QED) is 0.279. The van der Waals surface area contributed by atoms with E-state index in [1.165, 1.54) is 25.9 Å². The summed E-state index contributed by atoms with van der Waals surface area (Å²) in [4.78, 5) is 6.39. The van der Waals surface area contributed by atoms with E-state index in [0.29, 0.717) is 0 Å². The van der Waals surface area contributed by atoms with Gasteiger partial charge in [0.1, 0.15) is 0 Å². The zero-order valence-electron chi connectivity index (χ0n) is 11.0. The molecule has 116 valence electrons. The standard InChI is InChI=1S/C9H20N4.H2O4S.H2O/c1-8-2-5-13(6-3-8)7-4-12-9(10)11;1-5(2,3)4;/h8H,2-7H2,1H3,(H4,10,11,12);(H2,1,2,3,4);1H2. The van der Waals surface area contributed by atoms with Crippen molar-refractivity contribution in [2.24, 2.45) is 22.4 Å². The maximum Gasteiger partial charge on any atom is 0.394 e. The smallest absolute Gasteiger partial charge is 0.394 e. The number of aliphatic imine (C=N–C) groups is 1. The number of guanidine groups is 1. The first-order valence-electron chi connectivity index (χ1n) is 5.66. The van der Waals surface area contributed by atoms with Gasteiger partial charge >= 0.3 is 10.4 Å². The Labute approximate surface area is 113 Å². The Bertz CT molecular complexity index is 340. The molecule has 1 heterocycles. The number of nitrogens with zero attached hydrogens (tertiary/aromatic N) is 2. The second kappa shape index (κ2) is 9.92. The molecule has 1 aliphatic heterocycles. The van der Waals surface area contributed by atoms with Gasteiger partial charge in [-0.2, -0.15) is 8.42 Å². The molecule has 0 spiro atoms. The highest BCUT2D eigenvalue weighted by Gasteiger charge is 2.14. The number of likely N-dealkylation sites (tertiary alicyclic amines) is 1. The van der Waals surface area contributed by atoms with Crippen LogP contribution in [0.25, 0.3) is 0 Å². The van der Waals surface area contributed by atoms with Crippen molar-refractivity contribution < 1.29 is 23.0 Å². The zero-order valence-corrected chi connectivity index (χ0v) is 11.8. The molecule has 0 unspecified atom stereocenters. The van der Waals surface area contributed by atoms with Crippen molar-refractivity contribution in [2.45, 2.75) is 19.8 Å². The molecule has 10 heteroatoms. The van der Waals surface area contributed by atoms with Gasteiger partial charge in [0, 0.05) is 6.54 Å². The Kier molecular flexibility index (Phi) is 10.6. The highest BCUT2D eigenvalue weighted by molar-refractivity contribution is 7.79. The van der Waals surface area contributed by atoms with Crippen LogP contribution >= 0.6 is 0 Å². The summed E-state index contributed by atoms with van der Waals surface area (Å²) in [5.74, 6) is 1.09. The van der Waals surface area contributed by atoms with E-state index in [2.05, 4.69) is 16.8 Å². The molecule has 0 saturated carbocycles. The molecule has 19 heavy (non-hydrogen) atoms. The molecule has 1 fully saturated rings. The molecule has 0 bridgehead atoms. The fraction of sp³-hybridized carbons (Fsp3) is 0.889. The maximum absolute atomic E-state index is 8.74. The van der Waals surface area contributed by atoms with E-state index in [1.54, 1.807) is 0 Å². The second-order valence-electron chi connectivity index (χ2n) is 4.28. The first-order chi connectivity index (χ1) is 8.18. The lowest BCUT2D eigenvalue weighted by Crippen LogP contribution is -2.35. The molecule has 9 nitrogen and oxygen atoms in total. The van der Waals surface area contributed by atoms with Crippen molar-refractivity contribution in [3.8, 4) is 0 Å². The molecule has 1 aliphatic rings. The van der Waals surface area contributed by atoms with Crippen LogP contribution in [0.4, 0.5) is 0 Å². The van der Waals surface area contributed by atoms with Gasteiger partial charge in [-0.1, -0.05) is 6.92 Å². The fourth-order valence-electron chi connectivity index (χ4n) is 1.61. The topological polar surface area (TPSA) is 174 Å². The first kappa shape index (κ1) is 20.4.